The minimum atomic E-state index is -0.958. The highest BCUT2D eigenvalue weighted by Crippen LogP contribution is 2.29. The molecule has 0 aliphatic carbocycles. The van der Waals surface area contributed by atoms with E-state index in [1.54, 1.807) is 24.3 Å². The van der Waals surface area contributed by atoms with Crippen LogP contribution in [0.15, 0.2) is 24.3 Å². The Morgan fingerprint density at radius 1 is 1.45 bits per heavy atom. The van der Waals surface area contributed by atoms with Gasteiger partial charge in [0.2, 0.25) is 0 Å². The average Bonchev–Trinajstić information content (AvgIpc) is 2.87. The highest BCUT2D eigenvalue weighted by molar-refractivity contribution is 6.33. The molecule has 0 saturated carbocycles. The van der Waals surface area contributed by atoms with Crippen molar-refractivity contribution in [3.05, 3.63) is 29.3 Å². The van der Waals surface area contributed by atoms with Crippen LogP contribution in [0.3, 0.4) is 0 Å². The maximum absolute atomic E-state index is 11.5. The normalized spacial score (nSPS) is 13.9. The van der Waals surface area contributed by atoms with Crippen molar-refractivity contribution in [2.45, 2.75) is 26.3 Å². The number of carbonyl (C=O) groups is 1. The zero-order chi connectivity index (χ0) is 14.7. The van der Waals surface area contributed by atoms with Gasteiger partial charge in [0.15, 0.2) is 11.9 Å². The molecule has 106 valence electrons. The number of nitrogens with zero attached hydrogens (tertiary/aromatic N) is 4. The lowest BCUT2D eigenvalue weighted by molar-refractivity contribution is -0.142. The quantitative estimate of drug-likeness (QED) is 0.917. The van der Waals surface area contributed by atoms with Gasteiger partial charge >= 0.3 is 5.97 Å². The fourth-order valence-electron chi connectivity index (χ4n) is 2.01. The molecular formula is C13H15ClN4O2. The van der Waals surface area contributed by atoms with Crippen molar-refractivity contribution >= 4 is 17.6 Å². The molecule has 2 unspecified atom stereocenters. The number of benzene rings is 1. The van der Waals surface area contributed by atoms with Gasteiger partial charge in [-0.2, -0.15) is 0 Å². The number of tetrazole rings is 1. The first-order valence-corrected chi connectivity index (χ1v) is 6.69. The van der Waals surface area contributed by atoms with E-state index in [4.69, 9.17) is 11.6 Å². The van der Waals surface area contributed by atoms with E-state index in [1.165, 1.54) is 4.68 Å². The van der Waals surface area contributed by atoms with E-state index in [2.05, 4.69) is 15.5 Å². The molecule has 2 atom stereocenters. The second-order valence-electron chi connectivity index (χ2n) is 4.60. The number of carboxylic acids is 1. The van der Waals surface area contributed by atoms with Gasteiger partial charge < -0.3 is 5.11 Å². The van der Waals surface area contributed by atoms with Crippen molar-refractivity contribution in [3.8, 4) is 11.4 Å². The summed E-state index contributed by atoms with van der Waals surface area (Å²) in [4.78, 5) is 11.5. The summed E-state index contributed by atoms with van der Waals surface area (Å²) in [5.74, 6) is -0.694. The van der Waals surface area contributed by atoms with E-state index in [-0.39, 0.29) is 5.92 Å². The lowest BCUT2D eigenvalue weighted by Crippen LogP contribution is -2.27. The zero-order valence-electron chi connectivity index (χ0n) is 11.2. The monoisotopic (exact) mass is 294 g/mol. The number of aromatic nitrogens is 4. The number of carboxylic acid groups (broad SMARTS) is 1. The molecule has 0 bridgehead atoms. The number of halogens is 1. The van der Waals surface area contributed by atoms with Gasteiger partial charge in [-0.25, -0.2) is 9.48 Å². The Kier molecular flexibility index (Phi) is 4.34. The third-order valence-corrected chi connectivity index (χ3v) is 3.64. The highest BCUT2D eigenvalue weighted by atomic mass is 35.5. The molecule has 6 nitrogen and oxygen atoms in total. The molecule has 7 heteroatoms. The smallest absolute Gasteiger partial charge is 0.328 e. The van der Waals surface area contributed by atoms with Gasteiger partial charge in [0.25, 0.3) is 0 Å². The van der Waals surface area contributed by atoms with Crippen LogP contribution in [0.5, 0.6) is 0 Å². The summed E-state index contributed by atoms with van der Waals surface area (Å²) in [6.07, 6.45) is 0.707. The lowest BCUT2D eigenvalue weighted by atomic mass is 9.99. The second kappa shape index (κ2) is 6.00. The van der Waals surface area contributed by atoms with Crippen LogP contribution in [-0.2, 0) is 4.79 Å². The maximum Gasteiger partial charge on any atom is 0.328 e. The Bertz CT molecular complexity index is 614. The Balaban J connectivity index is 2.52. The minimum absolute atomic E-state index is 0.0998. The predicted octanol–water partition coefficient (Wildman–Crippen LogP) is 2.67. The average molecular weight is 295 g/mol. The van der Waals surface area contributed by atoms with Crippen molar-refractivity contribution in [2.24, 2.45) is 5.92 Å². The van der Waals surface area contributed by atoms with Crippen LogP contribution >= 0.6 is 11.6 Å². The zero-order valence-corrected chi connectivity index (χ0v) is 11.9. The van der Waals surface area contributed by atoms with Crippen LogP contribution in [0.4, 0.5) is 0 Å². The maximum atomic E-state index is 11.5. The Morgan fingerprint density at radius 2 is 2.15 bits per heavy atom. The van der Waals surface area contributed by atoms with Gasteiger partial charge in [0, 0.05) is 5.56 Å². The molecule has 2 rings (SSSR count). The molecule has 0 fully saturated rings. The van der Waals surface area contributed by atoms with E-state index >= 15 is 0 Å². The van der Waals surface area contributed by atoms with Gasteiger partial charge in [-0.1, -0.05) is 44.0 Å². The molecule has 20 heavy (non-hydrogen) atoms. The molecule has 1 aromatic heterocycles. The van der Waals surface area contributed by atoms with Crippen LogP contribution in [0.1, 0.15) is 26.3 Å². The van der Waals surface area contributed by atoms with E-state index in [0.717, 1.165) is 0 Å². The second-order valence-corrected chi connectivity index (χ2v) is 5.00. The van der Waals surface area contributed by atoms with Crippen LogP contribution in [-0.4, -0.2) is 31.3 Å². The number of rotatable bonds is 5. The summed E-state index contributed by atoms with van der Waals surface area (Å²) >= 11 is 6.13. The van der Waals surface area contributed by atoms with E-state index < -0.39 is 12.0 Å². The largest absolute Gasteiger partial charge is 0.480 e. The lowest BCUT2D eigenvalue weighted by Gasteiger charge is -2.19. The third kappa shape index (κ3) is 2.65. The molecule has 0 spiro atoms. The van der Waals surface area contributed by atoms with E-state index in [1.807, 2.05) is 13.8 Å². The first-order valence-electron chi connectivity index (χ1n) is 6.31. The van der Waals surface area contributed by atoms with Crippen LogP contribution < -0.4 is 0 Å². The van der Waals surface area contributed by atoms with Gasteiger partial charge in [-0.3, -0.25) is 0 Å². The minimum Gasteiger partial charge on any atom is -0.480 e. The first kappa shape index (κ1) is 14.5. The Hall–Kier alpha value is -1.95. The summed E-state index contributed by atoms with van der Waals surface area (Å²) in [7, 11) is 0. The molecule has 0 aliphatic heterocycles. The van der Waals surface area contributed by atoms with Crippen molar-refractivity contribution in [2.75, 3.05) is 0 Å². The van der Waals surface area contributed by atoms with Gasteiger partial charge in [0.1, 0.15) is 0 Å². The fraction of sp³-hybridized carbons (Fsp3) is 0.385. The first-order chi connectivity index (χ1) is 9.56. The molecule has 2 aromatic rings. The number of hydrogen-bond acceptors (Lipinski definition) is 4. The van der Waals surface area contributed by atoms with Gasteiger partial charge in [-0.05, 0) is 28.5 Å². The van der Waals surface area contributed by atoms with Crippen LogP contribution in [0.2, 0.25) is 5.02 Å². The van der Waals surface area contributed by atoms with Crippen LogP contribution in [0, 0.1) is 5.92 Å². The summed E-state index contributed by atoms with van der Waals surface area (Å²) in [6.45, 7) is 3.79. The van der Waals surface area contributed by atoms with Crippen molar-refractivity contribution < 1.29 is 9.90 Å². The summed E-state index contributed by atoms with van der Waals surface area (Å²) in [5, 5.41) is 21.3. The summed E-state index contributed by atoms with van der Waals surface area (Å²) in [5.41, 5.74) is 0.619. The Morgan fingerprint density at radius 3 is 2.75 bits per heavy atom. The third-order valence-electron chi connectivity index (χ3n) is 3.31. The van der Waals surface area contributed by atoms with Crippen molar-refractivity contribution in [1.82, 2.24) is 20.2 Å². The summed E-state index contributed by atoms with van der Waals surface area (Å²) in [6, 6.07) is 6.26. The fourth-order valence-corrected chi connectivity index (χ4v) is 2.23. The summed E-state index contributed by atoms with van der Waals surface area (Å²) < 4.78 is 1.33. The van der Waals surface area contributed by atoms with Crippen molar-refractivity contribution in [3.63, 3.8) is 0 Å². The SMILES string of the molecule is CCC(C)C(C(=O)O)n1nnnc1-c1ccccc1Cl. The van der Waals surface area contributed by atoms with Crippen molar-refractivity contribution in [1.29, 1.82) is 0 Å². The molecule has 1 aromatic carbocycles. The van der Waals surface area contributed by atoms with E-state index in [9.17, 15) is 9.90 Å². The Labute approximate surface area is 121 Å². The molecule has 0 radical (unpaired) electrons. The molecule has 1 heterocycles. The molecular weight excluding hydrogens is 280 g/mol. The predicted molar refractivity (Wildman–Crippen MR) is 74.4 cm³/mol. The molecule has 0 aliphatic rings. The van der Waals surface area contributed by atoms with E-state index in [0.29, 0.717) is 22.8 Å². The van der Waals surface area contributed by atoms with Gasteiger partial charge in [0.05, 0.1) is 5.02 Å². The standard InChI is InChI=1S/C13H15ClN4O2/c1-3-8(2)11(13(19)20)18-12(15-16-17-18)9-6-4-5-7-10(9)14/h4-8,11H,3H2,1-2H3,(H,19,20). The topological polar surface area (TPSA) is 80.9 Å². The molecule has 0 saturated heterocycles. The van der Waals surface area contributed by atoms with Gasteiger partial charge in [-0.15, -0.1) is 5.10 Å². The number of aliphatic carboxylic acids is 1. The number of hydrogen-bond donors (Lipinski definition) is 1. The molecule has 0 amide bonds. The highest BCUT2D eigenvalue weighted by Gasteiger charge is 2.30. The molecule has 1 N–H and O–H groups in total. The van der Waals surface area contributed by atoms with Crippen LogP contribution in [0.25, 0.3) is 11.4 Å².